The topological polar surface area (TPSA) is 96.1 Å². The Morgan fingerprint density at radius 2 is 1.87 bits per heavy atom. The number of hydrogen-bond donors (Lipinski definition) is 1. The van der Waals surface area contributed by atoms with Gasteiger partial charge in [0.15, 0.2) is 5.82 Å². The minimum Gasteiger partial charge on any atom is -0.467 e. The Labute approximate surface area is 227 Å². The first kappa shape index (κ1) is 25.1. The zero-order valence-electron chi connectivity index (χ0n) is 22.6. The van der Waals surface area contributed by atoms with Crippen LogP contribution in [0.2, 0.25) is 0 Å². The molecule has 9 heteroatoms. The van der Waals surface area contributed by atoms with Gasteiger partial charge in [0.1, 0.15) is 18.3 Å². The molecule has 0 unspecified atom stereocenters. The van der Waals surface area contributed by atoms with Crippen LogP contribution in [-0.4, -0.2) is 56.3 Å². The third-order valence-electron chi connectivity index (χ3n) is 7.71. The number of furan rings is 1. The summed E-state index contributed by atoms with van der Waals surface area (Å²) in [6, 6.07) is 18.1. The summed E-state index contributed by atoms with van der Waals surface area (Å²) in [6.07, 6.45) is 2.57. The van der Waals surface area contributed by atoms with Crippen molar-refractivity contribution in [1.29, 1.82) is 0 Å². The fourth-order valence-electron chi connectivity index (χ4n) is 5.55. The highest BCUT2D eigenvalue weighted by Crippen LogP contribution is 2.30. The van der Waals surface area contributed by atoms with Gasteiger partial charge in [0, 0.05) is 42.9 Å². The van der Waals surface area contributed by atoms with Gasteiger partial charge in [-0.1, -0.05) is 25.1 Å². The summed E-state index contributed by atoms with van der Waals surface area (Å²) >= 11 is 0. The second-order valence-corrected chi connectivity index (χ2v) is 10.3. The summed E-state index contributed by atoms with van der Waals surface area (Å²) in [5, 5.41) is 13.8. The van der Waals surface area contributed by atoms with Crippen molar-refractivity contribution in [2.24, 2.45) is 0 Å². The molecule has 3 aromatic heterocycles. The average molecular weight is 524 g/mol. The quantitative estimate of drug-likeness (QED) is 0.341. The molecule has 1 aliphatic rings. The summed E-state index contributed by atoms with van der Waals surface area (Å²) in [7, 11) is 0. The van der Waals surface area contributed by atoms with Crippen LogP contribution in [0.15, 0.2) is 70.1 Å². The van der Waals surface area contributed by atoms with Crippen LogP contribution in [0.25, 0.3) is 10.9 Å². The lowest BCUT2D eigenvalue weighted by atomic mass is 10.0. The zero-order chi connectivity index (χ0) is 26.9. The molecule has 1 saturated heterocycles. The Morgan fingerprint density at radius 3 is 2.64 bits per heavy atom. The number of aromatic amines is 1. The average Bonchev–Trinajstić information content (AvgIpc) is 3.63. The number of tetrazole rings is 1. The highest BCUT2D eigenvalue weighted by Gasteiger charge is 2.33. The van der Waals surface area contributed by atoms with Crippen molar-refractivity contribution in [3.05, 3.63) is 105 Å². The SMILES string of the molecule is CCc1ccc2[nH]c(=O)c([C@@H](c3nnnn3Cc3ccco3)N3CCN(c4cc(C)ccc4C)CC3)cc2c1. The van der Waals surface area contributed by atoms with E-state index in [-0.39, 0.29) is 5.56 Å². The van der Waals surface area contributed by atoms with Crippen molar-refractivity contribution in [1.82, 2.24) is 30.1 Å². The van der Waals surface area contributed by atoms with E-state index >= 15 is 0 Å². The van der Waals surface area contributed by atoms with Crippen LogP contribution in [0.5, 0.6) is 0 Å². The number of benzene rings is 2. The first-order valence-electron chi connectivity index (χ1n) is 13.5. The normalized spacial score (nSPS) is 15.2. The molecule has 0 aliphatic carbocycles. The van der Waals surface area contributed by atoms with Gasteiger partial charge in [-0.2, -0.15) is 0 Å². The predicted molar refractivity (Wildman–Crippen MR) is 151 cm³/mol. The zero-order valence-corrected chi connectivity index (χ0v) is 22.6. The molecule has 4 heterocycles. The van der Waals surface area contributed by atoms with E-state index < -0.39 is 6.04 Å². The first-order valence-corrected chi connectivity index (χ1v) is 13.5. The molecule has 39 heavy (non-hydrogen) atoms. The molecular weight excluding hydrogens is 490 g/mol. The lowest BCUT2D eigenvalue weighted by Crippen LogP contribution is -2.49. The van der Waals surface area contributed by atoms with E-state index in [1.54, 1.807) is 10.9 Å². The third-order valence-corrected chi connectivity index (χ3v) is 7.71. The summed E-state index contributed by atoms with van der Waals surface area (Å²) < 4.78 is 7.32. The van der Waals surface area contributed by atoms with E-state index in [1.165, 1.54) is 22.4 Å². The molecule has 1 atom stereocenters. The maximum Gasteiger partial charge on any atom is 0.253 e. The molecule has 0 saturated carbocycles. The highest BCUT2D eigenvalue weighted by molar-refractivity contribution is 5.80. The van der Waals surface area contributed by atoms with Crippen molar-refractivity contribution >= 4 is 16.6 Å². The van der Waals surface area contributed by atoms with Crippen LogP contribution in [0.4, 0.5) is 5.69 Å². The smallest absolute Gasteiger partial charge is 0.253 e. The number of fused-ring (bicyclic) bond motifs is 1. The fraction of sp³-hybridized carbons (Fsp3) is 0.333. The van der Waals surface area contributed by atoms with E-state index in [1.807, 2.05) is 24.3 Å². The van der Waals surface area contributed by atoms with E-state index in [0.717, 1.165) is 49.3 Å². The second kappa shape index (κ2) is 10.5. The van der Waals surface area contributed by atoms with E-state index in [9.17, 15) is 4.79 Å². The van der Waals surface area contributed by atoms with Gasteiger partial charge in [-0.3, -0.25) is 9.69 Å². The number of anilines is 1. The number of pyridine rings is 1. The van der Waals surface area contributed by atoms with Crippen LogP contribution >= 0.6 is 0 Å². The number of hydrogen-bond acceptors (Lipinski definition) is 7. The lowest BCUT2D eigenvalue weighted by molar-refractivity contribution is 0.200. The van der Waals surface area contributed by atoms with Gasteiger partial charge in [-0.25, -0.2) is 4.68 Å². The van der Waals surface area contributed by atoms with Gasteiger partial charge >= 0.3 is 0 Å². The van der Waals surface area contributed by atoms with Gasteiger partial charge in [0.25, 0.3) is 5.56 Å². The molecular formula is C30H33N7O2. The molecule has 5 aromatic rings. The Bertz CT molecular complexity index is 1650. The van der Waals surface area contributed by atoms with Crippen LogP contribution in [-0.2, 0) is 13.0 Å². The molecule has 0 bridgehead atoms. The molecule has 1 fully saturated rings. The second-order valence-electron chi connectivity index (χ2n) is 10.3. The van der Waals surface area contributed by atoms with Gasteiger partial charge < -0.3 is 14.3 Å². The molecule has 9 nitrogen and oxygen atoms in total. The standard InChI is InChI=1S/C30H33N7O2/c1-4-22-9-10-26-23(17-22)18-25(30(38)31-26)28(29-32-33-34-37(29)19-24-6-5-15-39-24)36-13-11-35(12-14-36)27-16-20(2)7-8-21(27)3/h5-10,15-18,28H,4,11-14,19H2,1-3H3,(H,31,38)/t28-/m0/s1. The molecule has 0 amide bonds. The number of nitrogens with one attached hydrogen (secondary N) is 1. The van der Waals surface area contributed by atoms with Crippen LogP contribution in [0.3, 0.4) is 0 Å². The Hall–Kier alpha value is -4.24. The minimum atomic E-state index is -0.408. The summed E-state index contributed by atoms with van der Waals surface area (Å²) in [6.45, 7) is 10.0. The maximum absolute atomic E-state index is 13.6. The van der Waals surface area contributed by atoms with Crippen molar-refractivity contribution in [3.8, 4) is 0 Å². The molecule has 2 aromatic carbocycles. The molecule has 0 radical (unpaired) electrons. The monoisotopic (exact) mass is 523 g/mol. The third kappa shape index (κ3) is 4.97. The predicted octanol–water partition coefficient (Wildman–Crippen LogP) is 4.25. The molecule has 1 aliphatic heterocycles. The Kier molecular flexibility index (Phi) is 6.74. The van der Waals surface area contributed by atoms with Crippen molar-refractivity contribution in [2.45, 2.75) is 39.8 Å². The van der Waals surface area contributed by atoms with E-state index in [4.69, 9.17) is 4.42 Å². The number of H-pyrrole nitrogens is 1. The molecule has 200 valence electrons. The number of aromatic nitrogens is 5. The van der Waals surface area contributed by atoms with Gasteiger partial charge in [-0.15, -0.1) is 5.10 Å². The summed E-state index contributed by atoms with van der Waals surface area (Å²) in [5.74, 6) is 1.38. The molecule has 1 N–H and O–H groups in total. The summed E-state index contributed by atoms with van der Waals surface area (Å²) in [4.78, 5) is 21.4. The van der Waals surface area contributed by atoms with Gasteiger partial charge in [-0.05, 0) is 89.2 Å². The van der Waals surface area contributed by atoms with Crippen molar-refractivity contribution < 1.29 is 4.42 Å². The Morgan fingerprint density at radius 1 is 1.03 bits per heavy atom. The van der Waals surface area contributed by atoms with Crippen molar-refractivity contribution in [2.75, 3.05) is 31.1 Å². The molecule has 6 rings (SSSR count). The van der Waals surface area contributed by atoms with E-state index in [0.29, 0.717) is 17.9 Å². The summed E-state index contributed by atoms with van der Waals surface area (Å²) in [5.41, 5.74) is 6.36. The lowest BCUT2D eigenvalue weighted by Gasteiger charge is -2.40. The van der Waals surface area contributed by atoms with Crippen molar-refractivity contribution in [3.63, 3.8) is 0 Å². The maximum atomic E-state index is 13.6. The first-order chi connectivity index (χ1) is 19.0. The number of rotatable bonds is 7. The van der Waals surface area contributed by atoms with Crippen LogP contribution in [0.1, 0.15) is 46.8 Å². The van der Waals surface area contributed by atoms with Gasteiger partial charge in [0.2, 0.25) is 0 Å². The Balaban J connectivity index is 1.39. The van der Waals surface area contributed by atoms with E-state index in [2.05, 4.69) is 81.4 Å². The van der Waals surface area contributed by atoms with Gasteiger partial charge in [0.05, 0.1) is 6.26 Å². The number of aryl methyl sites for hydroxylation is 3. The molecule has 0 spiro atoms. The van der Waals surface area contributed by atoms with Crippen LogP contribution < -0.4 is 10.5 Å². The number of piperazine rings is 1. The largest absolute Gasteiger partial charge is 0.467 e. The fourth-order valence-corrected chi connectivity index (χ4v) is 5.55. The van der Waals surface area contributed by atoms with Crippen LogP contribution in [0, 0.1) is 13.8 Å². The number of nitrogens with zero attached hydrogens (tertiary/aromatic N) is 6. The highest BCUT2D eigenvalue weighted by atomic mass is 16.3. The minimum absolute atomic E-state index is 0.124.